The van der Waals surface area contributed by atoms with Gasteiger partial charge in [0, 0.05) is 41.3 Å². The predicted molar refractivity (Wildman–Crippen MR) is 189 cm³/mol. The highest BCUT2D eigenvalue weighted by Gasteiger charge is 2.62. The number of hydrogen-bond donors (Lipinski definition) is 1. The highest BCUT2D eigenvalue weighted by atomic mass is 32.1. The highest BCUT2D eigenvalue weighted by molar-refractivity contribution is 7.13. The molecule has 12 heteroatoms. The molecule has 1 saturated carbocycles. The number of amides is 2. The van der Waals surface area contributed by atoms with Gasteiger partial charge in [-0.15, -0.1) is 24.5 Å². The van der Waals surface area contributed by atoms with Crippen molar-refractivity contribution in [2.75, 3.05) is 27.4 Å². The van der Waals surface area contributed by atoms with Gasteiger partial charge in [0.25, 0.3) is 5.91 Å². The van der Waals surface area contributed by atoms with Crippen molar-refractivity contribution in [2.45, 2.75) is 83.1 Å². The van der Waals surface area contributed by atoms with Crippen molar-refractivity contribution in [1.82, 2.24) is 20.2 Å². The zero-order valence-electron chi connectivity index (χ0n) is 29.1. The summed E-state index contributed by atoms with van der Waals surface area (Å²) in [6.45, 7) is 15.9. The molecule has 2 fully saturated rings. The Hall–Kier alpha value is -4.29. The summed E-state index contributed by atoms with van der Waals surface area (Å²) in [6, 6.07) is 4.73. The number of aromatic nitrogens is 2. The third-order valence-electron chi connectivity index (χ3n) is 9.30. The molecule has 2 aromatic heterocycles. The van der Waals surface area contributed by atoms with Crippen LogP contribution in [0.5, 0.6) is 11.5 Å². The number of allylic oxidation sites excluding steroid dienone is 1. The van der Waals surface area contributed by atoms with E-state index in [9.17, 15) is 14.4 Å². The molecule has 1 aliphatic carbocycles. The Morgan fingerprint density at radius 2 is 1.94 bits per heavy atom. The number of pyridine rings is 1. The second-order valence-electron chi connectivity index (χ2n) is 13.0. The number of methoxy groups -OCH3 is 2. The van der Waals surface area contributed by atoms with Crippen LogP contribution in [0.25, 0.3) is 21.6 Å². The average Bonchev–Trinajstić information content (AvgIpc) is 3.38. The quantitative estimate of drug-likeness (QED) is 0.120. The molecule has 1 N–H and O–H groups in total. The average molecular weight is 691 g/mol. The molecule has 2 aliphatic rings. The van der Waals surface area contributed by atoms with Crippen LogP contribution in [0, 0.1) is 12.8 Å². The maximum atomic E-state index is 14.0. The van der Waals surface area contributed by atoms with Crippen LogP contribution in [0.15, 0.2) is 48.9 Å². The second-order valence-corrected chi connectivity index (χ2v) is 13.8. The number of fused-ring (bicyclic) bond motifs is 1. The molecule has 3 aromatic rings. The van der Waals surface area contributed by atoms with Gasteiger partial charge < -0.3 is 29.2 Å². The smallest absolute Gasteiger partial charge is 0.332 e. The lowest BCUT2D eigenvalue weighted by atomic mass is 10.1. The Bertz CT molecular complexity index is 1740. The molecule has 0 radical (unpaired) electrons. The van der Waals surface area contributed by atoms with Crippen molar-refractivity contribution in [3.05, 3.63) is 60.1 Å². The zero-order chi connectivity index (χ0) is 35.5. The van der Waals surface area contributed by atoms with Crippen molar-refractivity contribution >= 4 is 40.0 Å². The van der Waals surface area contributed by atoms with E-state index >= 15 is 0 Å². The summed E-state index contributed by atoms with van der Waals surface area (Å²) >= 11 is 1.51. The van der Waals surface area contributed by atoms with Crippen LogP contribution >= 0.6 is 11.3 Å². The van der Waals surface area contributed by atoms with Crippen LogP contribution in [0.3, 0.4) is 0 Å². The van der Waals surface area contributed by atoms with E-state index in [2.05, 4.69) is 32.3 Å². The molecule has 2 amide bonds. The van der Waals surface area contributed by atoms with Gasteiger partial charge in [0.15, 0.2) is 0 Å². The molecule has 49 heavy (non-hydrogen) atoms. The number of likely N-dealkylation sites (tertiary alicyclic amines) is 1. The molecule has 5 rings (SSSR count). The van der Waals surface area contributed by atoms with E-state index in [4.69, 9.17) is 28.9 Å². The van der Waals surface area contributed by atoms with Gasteiger partial charge in [0.1, 0.15) is 46.0 Å². The summed E-state index contributed by atoms with van der Waals surface area (Å²) in [7, 11) is 2.91. The van der Waals surface area contributed by atoms with E-state index in [-0.39, 0.29) is 30.7 Å². The number of hydrogen-bond acceptors (Lipinski definition) is 10. The molecular formula is C37H46N4O7S. The van der Waals surface area contributed by atoms with Crippen molar-refractivity contribution in [3.8, 4) is 22.2 Å². The van der Waals surface area contributed by atoms with Crippen molar-refractivity contribution in [2.24, 2.45) is 5.92 Å². The van der Waals surface area contributed by atoms with E-state index < -0.39 is 35.7 Å². The first kappa shape index (κ1) is 36.0. The molecule has 1 aliphatic heterocycles. The standard InChI is InChI=1S/C37H46N4O7S/c1-9-11-12-15-47-23(6)35(43)41-19-25(16-29(41)33(42)40-37(36(44)46-8)18-24(37)10-2)48-31-17-27(34-39-28(20-49-34)21(3)4)38-32-22(5)30(45-7)14-13-26(31)32/h9-10,13-14,17,20-21,23-25,29H,1-2,11-12,15-16,18-19H2,3-8H3,(H,40,42)/t23-,24-,25-,29+,37-/m1/s1. The fraction of sp³-hybridized carbons (Fsp3) is 0.486. The lowest BCUT2D eigenvalue weighted by molar-refractivity contribution is -0.150. The fourth-order valence-corrected chi connectivity index (χ4v) is 7.25. The molecular weight excluding hydrogens is 644 g/mol. The number of ether oxygens (including phenoxy) is 4. The monoisotopic (exact) mass is 690 g/mol. The van der Waals surface area contributed by atoms with Gasteiger partial charge in [-0.3, -0.25) is 9.59 Å². The highest BCUT2D eigenvalue weighted by Crippen LogP contribution is 2.46. The number of unbranched alkanes of at least 4 members (excludes halogenated alkanes) is 1. The van der Waals surface area contributed by atoms with Crippen LogP contribution in [0.2, 0.25) is 0 Å². The number of rotatable bonds is 15. The molecule has 0 bridgehead atoms. The summed E-state index contributed by atoms with van der Waals surface area (Å²) in [5.74, 6) is -0.0959. The van der Waals surface area contributed by atoms with Crippen LogP contribution in [-0.4, -0.2) is 83.8 Å². The Labute approximate surface area is 291 Å². The number of nitrogens with one attached hydrogen (secondary N) is 1. The third-order valence-corrected chi connectivity index (χ3v) is 10.2. The number of carbonyl (C=O) groups is 3. The Kier molecular flexibility index (Phi) is 11.1. The van der Waals surface area contributed by atoms with Crippen LogP contribution in [-0.2, 0) is 23.9 Å². The van der Waals surface area contributed by atoms with E-state index in [1.165, 1.54) is 23.3 Å². The SMILES string of the molecule is C=CCCCO[C@H](C)C(=O)N1C[C@H](Oc2cc(-c3nc(C(C)C)cs3)nc3c(C)c(OC)ccc23)C[C@H]1C(=O)N[C@]1(C(=O)OC)C[C@H]1C=C. The summed E-state index contributed by atoms with van der Waals surface area (Å²) in [5, 5.41) is 6.47. The Morgan fingerprint density at radius 3 is 2.57 bits per heavy atom. The lowest BCUT2D eigenvalue weighted by Gasteiger charge is -2.28. The number of aryl methyl sites for hydroxylation is 1. The minimum absolute atomic E-state index is 0.135. The molecule has 0 unspecified atom stereocenters. The first-order valence-electron chi connectivity index (χ1n) is 16.6. The topological polar surface area (TPSA) is 129 Å². The summed E-state index contributed by atoms with van der Waals surface area (Å²) in [4.78, 5) is 51.9. The van der Waals surface area contributed by atoms with E-state index in [0.717, 1.165) is 34.5 Å². The molecule has 1 saturated heterocycles. The Morgan fingerprint density at radius 1 is 1.16 bits per heavy atom. The van der Waals surface area contributed by atoms with E-state index in [1.54, 1.807) is 26.2 Å². The van der Waals surface area contributed by atoms with Crippen molar-refractivity contribution < 1.29 is 33.3 Å². The van der Waals surface area contributed by atoms with Gasteiger partial charge in [-0.05, 0) is 51.2 Å². The van der Waals surface area contributed by atoms with Crippen LogP contribution < -0.4 is 14.8 Å². The fourth-order valence-electron chi connectivity index (χ4n) is 6.31. The first-order chi connectivity index (χ1) is 23.5. The van der Waals surface area contributed by atoms with Crippen LogP contribution in [0.1, 0.15) is 63.6 Å². The summed E-state index contributed by atoms with van der Waals surface area (Å²) in [6.07, 6.45) is 4.14. The lowest BCUT2D eigenvalue weighted by Crippen LogP contribution is -2.54. The number of esters is 1. The maximum absolute atomic E-state index is 14.0. The minimum Gasteiger partial charge on any atom is -0.496 e. The van der Waals surface area contributed by atoms with Gasteiger partial charge >= 0.3 is 5.97 Å². The largest absolute Gasteiger partial charge is 0.496 e. The maximum Gasteiger partial charge on any atom is 0.332 e. The number of carbonyl (C=O) groups excluding carboxylic acids is 3. The van der Waals surface area contributed by atoms with Gasteiger partial charge in [-0.1, -0.05) is 26.0 Å². The van der Waals surface area contributed by atoms with Gasteiger partial charge in [-0.25, -0.2) is 14.8 Å². The zero-order valence-corrected chi connectivity index (χ0v) is 29.9. The third kappa shape index (κ3) is 7.35. The summed E-state index contributed by atoms with van der Waals surface area (Å²) < 4.78 is 23.2. The molecule has 1 aromatic carbocycles. The van der Waals surface area contributed by atoms with Crippen LogP contribution in [0.4, 0.5) is 0 Å². The molecule has 3 heterocycles. The summed E-state index contributed by atoms with van der Waals surface area (Å²) in [5.41, 5.74) is 1.99. The normalized spacial score (nSPS) is 22.1. The molecule has 262 valence electrons. The molecule has 11 nitrogen and oxygen atoms in total. The number of thiazole rings is 1. The minimum atomic E-state index is -1.20. The van der Waals surface area contributed by atoms with Crippen molar-refractivity contribution in [1.29, 1.82) is 0 Å². The van der Waals surface area contributed by atoms with Gasteiger partial charge in [0.05, 0.1) is 32.0 Å². The Balaban J connectivity index is 1.48. The predicted octanol–water partition coefficient (Wildman–Crippen LogP) is 5.75. The van der Waals surface area contributed by atoms with E-state index in [0.29, 0.717) is 35.7 Å². The molecule has 5 atom stereocenters. The number of nitrogens with zero attached hydrogens (tertiary/aromatic N) is 3. The van der Waals surface area contributed by atoms with Gasteiger partial charge in [0.2, 0.25) is 5.91 Å². The first-order valence-corrected chi connectivity index (χ1v) is 17.5. The van der Waals surface area contributed by atoms with Gasteiger partial charge in [-0.2, -0.15) is 0 Å². The molecule has 0 spiro atoms. The van der Waals surface area contributed by atoms with E-state index in [1.807, 2.05) is 30.5 Å². The second kappa shape index (κ2) is 15.1. The number of benzene rings is 1. The van der Waals surface area contributed by atoms with Crippen molar-refractivity contribution in [3.63, 3.8) is 0 Å².